The van der Waals surface area contributed by atoms with Crippen molar-refractivity contribution in [3.8, 4) is 17.6 Å². The van der Waals surface area contributed by atoms with Crippen LogP contribution < -0.4 is 9.47 Å². The molecule has 4 nitrogen and oxygen atoms in total. The Labute approximate surface area is 109 Å². The second-order valence-electron chi connectivity index (χ2n) is 5.33. The number of nitriles is 1. The first-order chi connectivity index (χ1) is 8.31. The molecule has 98 valence electrons. The molecule has 1 heterocycles. The minimum absolute atomic E-state index is 0.0362. The van der Waals surface area contributed by atoms with Crippen LogP contribution in [0.5, 0.6) is 11.5 Å². The number of ether oxygens (including phenoxy) is 2. The molecule has 0 N–H and O–H groups in total. The normalized spacial score (nSPS) is 11.2. The fourth-order valence-electron chi connectivity index (χ4n) is 1.43. The lowest BCUT2D eigenvalue weighted by Crippen LogP contribution is -2.23. The fraction of sp³-hybridized carbons (Fsp3) is 0.571. The van der Waals surface area contributed by atoms with Crippen molar-refractivity contribution in [3.63, 3.8) is 0 Å². The molecule has 0 aliphatic heterocycles. The topological polar surface area (TPSA) is 55.1 Å². The van der Waals surface area contributed by atoms with Gasteiger partial charge in [-0.1, -0.05) is 0 Å². The summed E-state index contributed by atoms with van der Waals surface area (Å²) in [5.74, 6) is 1.27. The molecule has 0 radical (unpaired) electrons. The summed E-state index contributed by atoms with van der Waals surface area (Å²) in [7, 11) is 0. The van der Waals surface area contributed by atoms with Gasteiger partial charge >= 0.3 is 0 Å². The summed E-state index contributed by atoms with van der Waals surface area (Å²) in [6, 6.07) is 3.88. The minimum Gasteiger partial charge on any atom is -0.489 e. The van der Waals surface area contributed by atoms with Crippen LogP contribution in [-0.4, -0.2) is 16.7 Å². The van der Waals surface area contributed by atoms with E-state index in [1.165, 1.54) is 0 Å². The predicted octanol–water partition coefficient (Wildman–Crippen LogP) is 3.11. The number of hydrogen-bond donors (Lipinski definition) is 0. The van der Waals surface area contributed by atoms with Gasteiger partial charge in [-0.2, -0.15) is 5.26 Å². The van der Waals surface area contributed by atoms with Crippen molar-refractivity contribution >= 4 is 0 Å². The van der Waals surface area contributed by atoms with Crippen LogP contribution in [0.4, 0.5) is 0 Å². The maximum Gasteiger partial charge on any atom is 0.145 e. The second kappa shape index (κ2) is 5.72. The molecule has 0 fully saturated rings. The zero-order chi connectivity index (χ0) is 13.8. The summed E-state index contributed by atoms with van der Waals surface area (Å²) < 4.78 is 11.4. The highest BCUT2D eigenvalue weighted by molar-refractivity contribution is 5.36. The molecule has 0 aliphatic rings. The Morgan fingerprint density at radius 2 is 2.06 bits per heavy atom. The van der Waals surface area contributed by atoms with E-state index in [9.17, 15) is 0 Å². The highest BCUT2D eigenvalue weighted by Crippen LogP contribution is 2.26. The summed E-state index contributed by atoms with van der Waals surface area (Å²) in [6.45, 7) is 9.79. The highest BCUT2D eigenvalue weighted by atomic mass is 16.5. The summed E-state index contributed by atoms with van der Waals surface area (Å²) in [4.78, 5) is 4.23. The van der Waals surface area contributed by atoms with Gasteiger partial charge in [-0.3, -0.25) is 4.98 Å². The summed E-state index contributed by atoms with van der Waals surface area (Å²) >= 11 is 0. The van der Waals surface area contributed by atoms with Crippen molar-refractivity contribution in [1.82, 2.24) is 4.98 Å². The summed E-state index contributed by atoms with van der Waals surface area (Å²) in [5, 5.41) is 8.76. The molecule has 0 saturated heterocycles. The van der Waals surface area contributed by atoms with E-state index in [0.717, 1.165) is 0 Å². The van der Waals surface area contributed by atoms with Crippen molar-refractivity contribution < 1.29 is 9.47 Å². The molecule has 1 aromatic rings. The predicted molar refractivity (Wildman–Crippen MR) is 69.7 cm³/mol. The van der Waals surface area contributed by atoms with Crippen LogP contribution in [0.2, 0.25) is 0 Å². The third-order valence-corrected chi connectivity index (χ3v) is 1.94. The van der Waals surface area contributed by atoms with Crippen molar-refractivity contribution in [2.24, 2.45) is 0 Å². The zero-order valence-corrected chi connectivity index (χ0v) is 11.7. The van der Waals surface area contributed by atoms with Crippen molar-refractivity contribution in [1.29, 1.82) is 5.26 Å². The van der Waals surface area contributed by atoms with Gasteiger partial charge in [0.05, 0.1) is 30.5 Å². The third kappa shape index (κ3) is 4.62. The van der Waals surface area contributed by atoms with Gasteiger partial charge in [0.25, 0.3) is 0 Å². The Morgan fingerprint density at radius 3 is 2.56 bits per heavy atom. The Morgan fingerprint density at radius 1 is 1.39 bits per heavy atom. The van der Waals surface area contributed by atoms with Gasteiger partial charge in [-0.15, -0.1) is 0 Å². The molecule has 0 bridgehead atoms. The molecule has 1 aromatic heterocycles. The molecular weight excluding hydrogens is 228 g/mol. The Kier molecular flexibility index (Phi) is 4.55. The molecule has 0 aliphatic carbocycles. The Balaban J connectivity index is 3.01. The first-order valence-corrected chi connectivity index (χ1v) is 6.03. The average molecular weight is 248 g/mol. The second-order valence-corrected chi connectivity index (χ2v) is 5.33. The minimum atomic E-state index is -0.284. The number of aromatic nitrogens is 1. The van der Waals surface area contributed by atoms with Gasteiger partial charge in [0.1, 0.15) is 17.1 Å². The van der Waals surface area contributed by atoms with Gasteiger partial charge in [-0.25, -0.2) is 0 Å². The molecule has 0 unspecified atom stereocenters. The molecule has 18 heavy (non-hydrogen) atoms. The van der Waals surface area contributed by atoms with Crippen LogP contribution in [0.3, 0.4) is 0 Å². The molecule has 0 aromatic carbocycles. The lowest BCUT2D eigenvalue weighted by atomic mass is 10.2. The van der Waals surface area contributed by atoms with Crippen LogP contribution in [0.1, 0.15) is 40.3 Å². The van der Waals surface area contributed by atoms with Gasteiger partial charge in [0.15, 0.2) is 0 Å². The van der Waals surface area contributed by atoms with Crippen molar-refractivity contribution in [3.05, 3.63) is 18.0 Å². The maximum absolute atomic E-state index is 8.76. The lowest BCUT2D eigenvalue weighted by Gasteiger charge is -2.22. The van der Waals surface area contributed by atoms with E-state index in [0.29, 0.717) is 17.2 Å². The lowest BCUT2D eigenvalue weighted by molar-refractivity contribution is 0.129. The van der Waals surface area contributed by atoms with E-state index in [-0.39, 0.29) is 18.1 Å². The van der Waals surface area contributed by atoms with Crippen LogP contribution in [-0.2, 0) is 6.42 Å². The monoisotopic (exact) mass is 248 g/mol. The van der Waals surface area contributed by atoms with Crippen molar-refractivity contribution in [2.75, 3.05) is 0 Å². The summed E-state index contributed by atoms with van der Waals surface area (Å²) in [6.07, 6.45) is 1.90. The molecule has 4 heteroatoms. The summed E-state index contributed by atoms with van der Waals surface area (Å²) in [5.41, 5.74) is 0.362. The van der Waals surface area contributed by atoms with Crippen LogP contribution >= 0.6 is 0 Å². The van der Waals surface area contributed by atoms with E-state index < -0.39 is 0 Å². The SMILES string of the molecule is CC(C)Oc1cc(OC(C)(C)C)cnc1CC#N. The van der Waals surface area contributed by atoms with Gasteiger partial charge in [-0.05, 0) is 34.6 Å². The Bertz CT molecular complexity index is 442. The fourth-order valence-corrected chi connectivity index (χ4v) is 1.43. The molecule has 0 saturated carbocycles. The van der Waals surface area contributed by atoms with E-state index in [1.54, 1.807) is 12.3 Å². The first kappa shape index (κ1) is 14.3. The quantitative estimate of drug-likeness (QED) is 0.821. The molecule has 0 amide bonds. The van der Waals surface area contributed by atoms with Crippen LogP contribution in [0, 0.1) is 11.3 Å². The maximum atomic E-state index is 8.76. The van der Waals surface area contributed by atoms with Crippen molar-refractivity contribution in [2.45, 2.75) is 52.7 Å². The smallest absolute Gasteiger partial charge is 0.145 e. The van der Waals surface area contributed by atoms with E-state index in [1.807, 2.05) is 34.6 Å². The first-order valence-electron chi connectivity index (χ1n) is 6.03. The third-order valence-electron chi connectivity index (χ3n) is 1.94. The van der Waals surface area contributed by atoms with E-state index in [2.05, 4.69) is 11.1 Å². The van der Waals surface area contributed by atoms with Gasteiger partial charge in [0, 0.05) is 6.07 Å². The van der Waals surface area contributed by atoms with Gasteiger partial charge in [0.2, 0.25) is 0 Å². The molecule has 1 rings (SSSR count). The van der Waals surface area contributed by atoms with Gasteiger partial charge < -0.3 is 9.47 Å². The average Bonchev–Trinajstić information content (AvgIpc) is 2.19. The standard InChI is InChI=1S/C14H20N2O2/c1-10(2)17-13-8-11(18-14(3,4)5)9-16-12(13)6-7-15/h8-10H,6H2,1-5H3. The highest BCUT2D eigenvalue weighted by Gasteiger charge is 2.15. The number of rotatable bonds is 4. The number of pyridine rings is 1. The molecular formula is C14H20N2O2. The largest absolute Gasteiger partial charge is 0.489 e. The van der Waals surface area contributed by atoms with Crippen LogP contribution in [0.15, 0.2) is 12.3 Å². The number of hydrogen-bond acceptors (Lipinski definition) is 4. The van der Waals surface area contributed by atoms with E-state index >= 15 is 0 Å². The Hall–Kier alpha value is -1.76. The molecule has 0 spiro atoms. The molecule has 0 atom stereocenters. The van der Waals surface area contributed by atoms with E-state index in [4.69, 9.17) is 14.7 Å². The van der Waals surface area contributed by atoms with Crippen LogP contribution in [0.25, 0.3) is 0 Å². The number of nitrogens with zero attached hydrogens (tertiary/aromatic N) is 2. The zero-order valence-electron chi connectivity index (χ0n) is 11.7.